The van der Waals surface area contributed by atoms with Gasteiger partial charge in [0.25, 0.3) is 0 Å². The number of hydrogen-bond acceptors (Lipinski definition) is 2. The zero-order valence-electron chi connectivity index (χ0n) is 11.0. The lowest BCUT2D eigenvalue weighted by Gasteiger charge is -2.15. The molecule has 0 spiro atoms. The van der Waals surface area contributed by atoms with Crippen LogP contribution in [0.2, 0.25) is 0 Å². The van der Waals surface area contributed by atoms with Gasteiger partial charge in [0.15, 0.2) is 0 Å². The fourth-order valence-corrected chi connectivity index (χ4v) is 2.09. The highest BCUT2D eigenvalue weighted by molar-refractivity contribution is 5.29. The molecule has 0 saturated heterocycles. The van der Waals surface area contributed by atoms with Gasteiger partial charge >= 0.3 is 0 Å². The molecule has 17 heavy (non-hydrogen) atoms. The molecular weight excluding hydrogens is 208 g/mol. The molecule has 0 aliphatic rings. The molecule has 0 aliphatic heterocycles. The minimum absolute atomic E-state index is 0.303. The highest BCUT2D eigenvalue weighted by Crippen LogP contribution is 2.12. The molecule has 0 aromatic heterocycles. The molecule has 0 bridgehead atoms. The van der Waals surface area contributed by atoms with Crippen molar-refractivity contribution in [3.05, 3.63) is 34.9 Å². The minimum Gasteiger partial charge on any atom is -0.271 e. The Morgan fingerprint density at radius 1 is 1.24 bits per heavy atom. The Bertz CT molecular complexity index is 392. The first-order chi connectivity index (χ1) is 8.15. The predicted octanol–water partition coefficient (Wildman–Crippen LogP) is 2.48. The van der Waals surface area contributed by atoms with Gasteiger partial charge in [-0.1, -0.05) is 29.3 Å². The number of benzene rings is 1. The van der Waals surface area contributed by atoms with Crippen LogP contribution in [0.4, 0.5) is 0 Å². The standard InChI is InChI=1S/C15H22N2/c1-4-5-6-7-15(17-16)11-14-9-12(2)8-13(3)10-14/h8-10,15,17H,6-7,11,16H2,1-3H3. The van der Waals surface area contributed by atoms with E-state index in [1.54, 1.807) is 0 Å². The fourth-order valence-electron chi connectivity index (χ4n) is 2.09. The molecule has 0 saturated carbocycles. The number of nitrogens with two attached hydrogens (primary N) is 1. The summed E-state index contributed by atoms with van der Waals surface area (Å²) in [5, 5.41) is 0. The number of nitrogens with one attached hydrogen (secondary N) is 1. The van der Waals surface area contributed by atoms with Gasteiger partial charge in [-0.15, -0.1) is 11.8 Å². The molecule has 0 radical (unpaired) electrons. The second-order valence-electron chi connectivity index (χ2n) is 4.53. The maximum absolute atomic E-state index is 5.58. The van der Waals surface area contributed by atoms with Gasteiger partial charge in [0.05, 0.1) is 0 Å². The monoisotopic (exact) mass is 230 g/mol. The molecule has 0 amide bonds. The third-order valence-electron chi connectivity index (χ3n) is 2.79. The van der Waals surface area contributed by atoms with Gasteiger partial charge in [-0.25, -0.2) is 0 Å². The Balaban J connectivity index is 2.62. The first kappa shape index (κ1) is 13.8. The lowest BCUT2D eigenvalue weighted by atomic mass is 9.99. The smallest absolute Gasteiger partial charge is 0.0260 e. The van der Waals surface area contributed by atoms with Crippen molar-refractivity contribution in [3.8, 4) is 11.8 Å². The molecule has 1 unspecified atom stereocenters. The van der Waals surface area contributed by atoms with Crippen LogP contribution in [-0.2, 0) is 6.42 Å². The zero-order chi connectivity index (χ0) is 12.7. The van der Waals surface area contributed by atoms with Crippen molar-refractivity contribution in [1.82, 2.24) is 5.43 Å². The summed E-state index contributed by atoms with van der Waals surface area (Å²) in [4.78, 5) is 0. The summed E-state index contributed by atoms with van der Waals surface area (Å²) in [5.41, 5.74) is 6.84. The van der Waals surface area contributed by atoms with E-state index in [-0.39, 0.29) is 0 Å². The Labute approximate surface area is 105 Å². The Kier molecular flexibility index (Phi) is 5.76. The third-order valence-corrected chi connectivity index (χ3v) is 2.79. The highest BCUT2D eigenvalue weighted by atomic mass is 15.2. The van der Waals surface area contributed by atoms with Crippen molar-refractivity contribution in [3.63, 3.8) is 0 Å². The van der Waals surface area contributed by atoms with E-state index in [1.165, 1.54) is 16.7 Å². The van der Waals surface area contributed by atoms with Crippen molar-refractivity contribution < 1.29 is 0 Å². The van der Waals surface area contributed by atoms with Gasteiger partial charge in [-0.05, 0) is 39.2 Å². The van der Waals surface area contributed by atoms with Crippen molar-refractivity contribution >= 4 is 0 Å². The van der Waals surface area contributed by atoms with Gasteiger partial charge in [0, 0.05) is 12.5 Å². The van der Waals surface area contributed by atoms with Gasteiger partial charge < -0.3 is 0 Å². The molecule has 1 aromatic rings. The van der Waals surface area contributed by atoms with Crippen molar-refractivity contribution in [1.29, 1.82) is 0 Å². The number of aryl methyl sites for hydroxylation is 2. The topological polar surface area (TPSA) is 38.0 Å². The normalized spacial score (nSPS) is 11.8. The van der Waals surface area contributed by atoms with E-state index < -0.39 is 0 Å². The average molecular weight is 230 g/mol. The van der Waals surface area contributed by atoms with E-state index in [9.17, 15) is 0 Å². The Morgan fingerprint density at radius 3 is 2.41 bits per heavy atom. The van der Waals surface area contributed by atoms with Crippen LogP contribution >= 0.6 is 0 Å². The minimum atomic E-state index is 0.303. The second kappa shape index (κ2) is 7.11. The van der Waals surface area contributed by atoms with Crippen LogP contribution in [0, 0.1) is 25.7 Å². The summed E-state index contributed by atoms with van der Waals surface area (Å²) in [7, 11) is 0. The lowest BCUT2D eigenvalue weighted by molar-refractivity contribution is 0.497. The van der Waals surface area contributed by atoms with Gasteiger partial charge in [0.1, 0.15) is 0 Å². The number of rotatable bonds is 5. The molecule has 1 atom stereocenters. The van der Waals surface area contributed by atoms with Crippen LogP contribution in [0.5, 0.6) is 0 Å². The molecule has 1 aromatic carbocycles. The highest BCUT2D eigenvalue weighted by Gasteiger charge is 2.07. The summed E-state index contributed by atoms with van der Waals surface area (Å²) in [6.45, 7) is 6.13. The largest absolute Gasteiger partial charge is 0.271 e. The Hall–Kier alpha value is -1.30. The molecule has 92 valence electrons. The maximum atomic E-state index is 5.58. The van der Waals surface area contributed by atoms with Crippen molar-refractivity contribution in [2.24, 2.45) is 5.84 Å². The van der Waals surface area contributed by atoms with Crippen molar-refractivity contribution in [2.45, 2.75) is 46.1 Å². The average Bonchev–Trinajstić information content (AvgIpc) is 2.26. The summed E-state index contributed by atoms with van der Waals surface area (Å²) in [6.07, 6.45) is 2.85. The van der Waals surface area contributed by atoms with Crippen LogP contribution < -0.4 is 11.3 Å². The van der Waals surface area contributed by atoms with E-state index in [1.807, 2.05) is 6.92 Å². The van der Waals surface area contributed by atoms with Crippen LogP contribution in [-0.4, -0.2) is 6.04 Å². The van der Waals surface area contributed by atoms with Gasteiger partial charge in [-0.2, -0.15) is 0 Å². The van der Waals surface area contributed by atoms with E-state index in [2.05, 4.69) is 49.3 Å². The quantitative estimate of drug-likeness (QED) is 0.463. The van der Waals surface area contributed by atoms with Crippen LogP contribution in [0.25, 0.3) is 0 Å². The SMILES string of the molecule is CC#CCCC(Cc1cc(C)cc(C)c1)NN. The number of hydrazine groups is 1. The molecule has 1 rings (SSSR count). The second-order valence-corrected chi connectivity index (χ2v) is 4.53. The summed E-state index contributed by atoms with van der Waals surface area (Å²) >= 11 is 0. The summed E-state index contributed by atoms with van der Waals surface area (Å²) in [6, 6.07) is 6.94. The predicted molar refractivity (Wildman–Crippen MR) is 73.4 cm³/mol. The molecule has 0 aliphatic carbocycles. The van der Waals surface area contributed by atoms with E-state index in [0.29, 0.717) is 6.04 Å². The third kappa shape index (κ3) is 5.04. The molecule has 2 nitrogen and oxygen atoms in total. The number of hydrogen-bond donors (Lipinski definition) is 2. The van der Waals surface area contributed by atoms with Crippen LogP contribution in [0.15, 0.2) is 18.2 Å². The van der Waals surface area contributed by atoms with E-state index in [4.69, 9.17) is 5.84 Å². The fraction of sp³-hybridized carbons (Fsp3) is 0.467. The van der Waals surface area contributed by atoms with E-state index in [0.717, 1.165) is 19.3 Å². The molecule has 3 N–H and O–H groups in total. The molecule has 0 fully saturated rings. The summed E-state index contributed by atoms with van der Waals surface area (Å²) in [5.74, 6) is 11.6. The molecule has 2 heteroatoms. The molecular formula is C15H22N2. The maximum Gasteiger partial charge on any atom is 0.0260 e. The van der Waals surface area contributed by atoms with Crippen molar-refractivity contribution in [2.75, 3.05) is 0 Å². The van der Waals surface area contributed by atoms with E-state index >= 15 is 0 Å². The first-order valence-corrected chi connectivity index (χ1v) is 6.08. The lowest BCUT2D eigenvalue weighted by Crippen LogP contribution is -2.36. The zero-order valence-corrected chi connectivity index (χ0v) is 11.0. The van der Waals surface area contributed by atoms with Gasteiger partial charge in [0.2, 0.25) is 0 Å². The van der Waals surface area contributed by atoms with Gasteiger partial charge in [-0.3, -0.25) is 11.3 Å². The Morgan fingerprint density at radius 2 is 1.88 bits per heavy atom. The van der Waals surface area contributed by atoms with Crippen LogP contribution in [0.1, 0.15) is 36.5 Å². The first-order valence-electron chi connectivity index (χ1n) is 6.08. The summed E-state index contributed by atoms with van der Waals surface area (Å²) < 4.78 is 0. The van der Waals surface area contributed by atoms with Crippen LogP contribution in [0.3, 0.4) is 0 Å². The molecule has 0 heterocycles.